The first kappa shape index (κ1) is 12.8. The number of aryl methyl sites for hydroxylation is 1. The van der Waals surface area contributed by atoms with Crippen molar-refractivity contribution in [3.05, 3.63) is 35.4 Å². The fourth-order valence-electron chi connectivity index (χ4n) is 2.27. The van der Waals surface area contributed by atoms with Crippen molar-refractivity contribution in [2.45, 2.75) is 45.4 Å². The highest BCUT2D eigenvalue weighted by Gasteiger charge is 2.09. The number of carbonyl (C=O) groups excluding carboxylic acids is 1. The van der Waals surface area contributed by atoms with Crippen molar-refractivity contribution in [2.75, 3.05) is 0 Å². The van der Waals surface area contributed by atoms with Crippen LogP contribution in [0.2, 0.25) is 0 Å². The van der Waals surface area contributed by atoms with Gasteiger partial charge in [-0.3, -0.25) is 4.79 Å². The minimum atomic E-state index is -0.107. The lowest BCUT2D eigenvalue weighted by molar-refractivity contribution is 0.0954. The molecule has 1 saturated carbocycles. The SMILES string of the molecule is Cc1ccccc1C(=O)NN=C1CCCCCC1. The number of hydrogen-bond acceptors (Lipinski definition) is 2. The maximum Gasteiger partial charge on any atom is 0.271 e. The summed E-state index contributed by atoms with van der Waals surface area (Å²) in [6.07, 6.45) is 7.00. The first-order valence-corrected chi connectivity index (χ1v) is 6.69. The second-order valence-electron chi connectivity index (χ2n) is 4.85. The van der Waals surface area contributed by atoms with Crippen molar-refractivity contribution < 1.29 is 4.79 Å². The Morgan fingerprint density at radius 2 is 1.78 bits per heavy atom. The molecule has 3 nitrogen and oxygen atoms in total. The average Bonchev–Trinajstić information content (AvgIpc) is 2.65. The first-order chi connectivity index (χ1) is 8.77. The summed E-state index contributed by atoms with van der Waals surface area (Å²) in [5, 5.41) is 4.28. The molecule has 3 heteroatoms. The zero-order chi connectivity index (χ0) is 12.8. The molecule has 0 aliphatic heterocycles. The highest BCUT2D eigenvalue weighted by atomic mass is 16.2. The lowest BCUT2D eigenvalue weighted by Crippen LogP contribution is -2.20. The van der Waals surface area contributed by atoms with Crippen LogP contribution in [0, 0.1) is 6.92 Å². The summed E-state index contributed by atoms with van der Waals surface area (Å²) in [5.74, 6) is -0.107. The molecular formula is C15H20N2O. The van der Waals surface area contributed by atoms with Crippen molar-refractivity contribution in [3.8, 4) is 0 Å². The summed E-state index contributed by atoms with van der Waals surface area (Å²) in [4.78, 5) is 12.0. The van der Waals surface area contributed by atoms with Crippen LogP contribution in [-0.2, 0) is 0 Å². The maximum absolute atomic E-state index is 12.0. The largest absolute Gasteiger partial charge is 0.271 e. The number of rotatable bonds is 2. The normalized spacial score (nSPS) is 15.9. The maximum atomic E-state index is 12.0. The number of carbonyl (C=O) groups is 1. The summed E-state index contributed by atoms with van der Waals surface area (Å²) in [6.45, 7) is 1.94. The van der Waals surface area contributed by atoms with E-state index in [0.29, 0.717) is 5.56 Å². The number of hydrazone groups is 1. The third kappa shape index (κ3) is 3.42. The van der Waals surface area contributed by atoms with Gasteiger partial charge in [-0.25, -0.2) is 5.43 Å². The summed E-state index contributed by atoms with van der Waals surface area (Å²) in [5.41, 5.74) is 5.51. The Morgan fingerprint density at radius 1 is 1.11 bits per heavy atom. The fourth-order valence-corrected chi connectivity index (χ4v) is 2.27. The van der Waals surface area contributed by atoms with Crippen LogP contribution in [0.5, 0.6) is 0 Å². The molecule has 0 unspecified atom stereocenters. The predicted molar refractivity (Wildman–Crippen MR) is 73.8 cm³/mol. The van der Waals surface area contributed by atoms with E-state index in [2.05, 4.69) is 10.5 Å². The van der Waals surface area contributed by atoms with Gasteiger partial charge in [0.25, 0.3) is 5.91 Å². The van der Waals surface area contributed by atoms with E-state index in [1.807, 2.05) is 31.2 Å². The van der Waals surface area contributed by atoms with E-state index in [1.165, 1.54) is 25.7 Å². The summed E-state index contributed by atoms with van der Waals surface area (Å²) < 4.78 is 0. The molecule has 0 radical (unpaired) electrons. The lowest BCUT2D eigenvalue weighted by Gasteiger charge is -2.05. The molecule has 2 rings (SSSR count). The predicted octanol–water partition coefficient (Wildman–Crippen LogP) is 3.44. The molecule has 1 fully saturated rings. The molecule has 1 amide bonds. The minimum Gasteiger partial charge on any atom is -0.267 e. The van der Waals surface area contributed by atoms with Crippen LogP contribution in [-0.4, -0.2) is 11.6 Å². The molecule has 1 N–H and O–H groups in total. The molecule has 0 heterocycles. The Bertz CT molecular complexity index is 442. The van der Waals surface area contributed by atoms with Gasteiger partial charge in [0.1, 0.15) is 0 Å². The van der Waals surface area contributed by atoms with Gasteiger partial charge in [0.2, 0.25) is 0 Å². The van der Waals surface area contributed by atoms with E-state index in [-0.39, 0.29) is 5.91 Å². The van der Waals surface area contributed by atoms with Gasteiger partial charge in [0.05, 0.1) is 0 Å². The lowest BCUT2D eigenvalue weighted by atomic mass is 10.1. The summed E-state index contributed by atoms with van der Waals surface area (Å²) >= 11 is 0. The van der Waals surface area contributed by atoms with Crippen molar-refractivity contribution in [1.82, 2.24) is 5.43 Å². The summed E-state index contributed by atoms with van der Waals surface area (Å²) in [7, 11) is 0. The van der Waals surface area contributed by atoms with Crippen LogP contribution in [0.15, 0.2) is 29.4 Å². The molecule has 1 aromatic rings. The second-order valence-corrected chi connectivity index (χ2v) is 4.85. The number of hydrogen-bond donors (Lipinski definition) is 1. The molecule has 0 bridgehead atoms. The molecule has 1 aliphatic rings. The van der Waals surface area contributed by atoms with Crippen LogP contribution in [0.1, 0.15) is 54.4 Å². The van der Waals surface area contributed by atoms with Gasteiger partial charge in [0.15, 0.2) is 0 Å². The van der Waals surface area contributed by atoms with Crippen molar-refractivity contribution in [3.63, 3.8) is 0 Å². The van der Waals surface area contributed by atoms with E-state index >= 15 is 0 Å². The Kier molecular flexibility index (Phi) is 4.51. The summed E-state index contributed by atoms with van der Waals surface area (Å²) in [6, 6.07) is 7.58. The van der Waals surface area contributed by atoms with Gasteiger partial charge >= 0.3 is 0 Å². The van der Waals surface area contributed by atoms with Gasteiger partial charge < -0.3 is 0 Å². The molecule has 0 atom stereocenters. The van der Waals surface area contributed by atoms with Gasteiger partial charge in [-0.2, -0.15) is 5.10 Å². The van der Waals surface area contributed by atoms with Crippen LogP contribution in [0.4, 0.5) is 0 Å². The molecule has 1 aliphatic carbocycles. The average molecular weight is 244 g/mol. The Hall–Kier alpha value is -1.64. The highest BCUT2D eigenvalue weighted by Crippen LogP contribution is 2.14. The third-order valence-electron chi connectivity index (χ3n) is 3.39. The smallest absolute Gasteiger partial charge is 0.267 e. The quantitative estimate of drug-likeness (QED) is 0.628. The van der Waals surface area contributed by atoms with E-state index in [0.717, 1.165) is 24.1 Å². The Balaban J connectivity index is 1.99. The van der Waals surface area contributed by atoms with Crippen molar-refractivity contribution in [1.29, 1.82) is 0 Å². The van der Waals surface area contributed by atoms with Crippen LogP contribution in [0.3, 0.4) is 0 Å². The molecular weight excluding hydrogens is 224 g/mol. The highest BCUT2D eigenvalue weighted by molar-refractivity contribution is 5.96. The fraction of sp³-hybridized carbons (Fsp3) is 0.467. The Labute approximate surface area is 108 Å². The molecule has 96 valence electrons. The Morgan fingerprint density at radius 3 is 2.44 bits per heavy atom. The van der Waals surface area contributed by atoms with Crippen molar-refractivity contribution in [2.24, 2.45) is 5.10 Å². The van der Waals surface area contributed by atoms with E-state index in [1.54, 1.807) is 0 Å². The van der Waals surface area contributed by atoms with Crippen LogP contribution >= 0.6 is 0 Å². The molecule has 18 heavy (non-hydrogen) atoms. The minimum absolute atomic E-state index is 0.107. The van der Waals surface area contributed by atoms with E-state index in [9.17, 15) is 4.79 Å². The van der Waals surface area contributed by atoms with Gasteiger partial charge in [-0.15, -0.1) is 0 Å². The van der Waals surface area contributed by atoms with Crippen LogP contribution in [0.25, 0.3) is 0 Å². The van der Waals surface area contributed by atoms with Gasteiger partial charge in [-0.1, -0.05) is 31.0 Å². The van der Waals surface area contributed by atoms with Gasteiger partial charge in [0, 0.05) is 11.3 Å². The number of benzene rings is 1. The number of nitrogens with zero attached hydrogens (tertiary/aromatic N) is 1. The number of amides is 1. The first-order valence-electron chi connectivity index (χ1n) is 6.69. The van der Waals surface area contributed by atoms with E-state index < -0.39 is 0 Å². The topological polar surface area (TPSA) is 41.5 Å². The van der Waals surface area contributed by atoms with Gasteiger partial charge in [-0.05, 0) is 44.2 Å². The zero-order valence-corrected chi connectivity index (χ0v) is 10.9. The zero-order valence-electron chi connectivity index (χ0n) is 10.9. The molecule has 0 spiro atoms. The monoisotopic (exact) mass is 244 g/mol. The van der Waals surface area contributed by atoms with Crippen LogP contribution < -0.4 is 5.43 Å². The molecule has 0 saturated heterocycles. The third-order valence-corrected chi connectivity index (χ3v) is 3.39. The standard InChI is InChI=1S/C15H20N2O/c1-12-8-6-7-11-14(12)15(18)17-16-13-9-4-2-3-5-10-13/h6-8,11H,2-5,9-10H2,1H3,(H,17,18). The number of nitrogens with one attached hydrogen (secondary N) is 1. The van der Waals surface area contributed by atoms with Crippen molar-refractivity contribution >= 4 is 11.6 Å². The second kappa shape index (κ2) is 6.34. The molecule has 1 aromatic carbocycles. The van der Waals surface area contributed by atoms with E-state index in [4.69, 9.17) is 0 Å². The molecule has 0 aromatic heterocycles.